The van der Waals surface area contributed by atoms with Gasteiger partial charge in [-0.25, -0.2) is 9.67 Å². The van der Waals surface area contributed by atoms with Gasteiger partial charge >= 0.3 is 0 Å². The lowest BCUT2D eigenvalue weighted by Crippen LogP contribution is -2.39. The Morgan fingerprint density at radius 1 is 1.23 bits per heavy atom. The first-order chi connectivity index (χ1) is 15.1. The van der Waals surface area contributed by atoms with Crippen LogP contribution in [0.3, 0.4) is 0 Å². The number of anilines is 1. The molecule has 8 heteroatoms. The molecule has 0 radical (unpaired) electrons. The fraction of sp³-hybridized carbons (Fsp3) is 0.348. The molecule has 2 aromatic heterocycles. The van der Waals surface area contributed by atoms with E-state index in [1.807, 2.05) is 49.0 Å². The van der Waals surface area contributed by atoms with Gasteiger partial charge in [-0.2, -0.15) is 5.10 Å². The standard InChI is InChI=1S/C23H27N5O3/c1-15-20(27-28(21(15)24-2)18-7-5-4-6-8-18)16-13-19(23(30-3)25-14-16)22(29)26-17-9-11-31-12-10-17/h4-8,13-14,17,24H,9-12H2,1-3H3,(H,26,29). The summed E-state index contributed by atoms with van der Waals surface area (Å²) in [6, 6.07) is 11.8. The van der Waals surface area contributed by atoms with Crippen LogP contribution in [0.1, 0.15) is 28.8 Å². The first kappa shape index (κ1) is 20.9. The third-order valence-corrected chi connectivity index (χ3v) is 5.48. The Labute approximate surface area is 181 Å². The van der Waals surface area contributed by atoms with Gasteiger partial charge in [0.05, 0.1) is 18.5 Å². The van der Waals surface area contributed by atoms with Gasteiger partial charge in [0, 0.05) is 43.6 Å². The Hall–Kier alpha value is -3.39. The van der Waals surface area contributed by atoms with Crippen LogP contribution in [-0.2, 0) is 4.74 Å². The van der Waals surface area contributed by atoms with Gasteiger partial charge in [0.2, 0.25) is 5.88 Å². The van der Waals surface area contributed by atoms with Gasteiger partial charge in [-0.05, 0) is 38.0 Å². The molecule has 1 fully saturated rings. The van der Waals surface area contributed by atoms with Gasteiger partial charge < -0.3 is 20.1 Å². The van der Waals surface area contributed by atoms with E-state index < -0.39 is 0 Å². The van der Waals surface area contributed by atoms with Crippen LogP contribution in [0.2, 0.25) is 0 Å². The molecule has 1 aliphatic rings. The minimum atomic E-state index is -0.202. The first-order valence-electron chi connectivity index (χ1n) is 10.4. The second kappa shape index (κ2) is 9.18. The molecule has 1 amide bonds. The number of hydrogen-bond donors (Lipinski definition) is 2. The first-order valence-corrected chi connectivity index (χ1v) is 10.4. The Morgan fingerprint density at radius 3 is 2.65 bits per heavy atom. The molecule has 31 heavy (non-hydrogen) atoms. The monoisotopic (exact) mass is 421 g/mol. The lowest BCUT2D eigenvalue weighted by molar-refractivity contribution is 0.0695. The van der Waals surface area contributed by atoms with Crippen molar-refractivity contribution in [1.82, 2.24) is 20.1 Å². The maximum atomic E-state index is 13.0. The van der Waals surface area contributed by atoms with Crippen LogP contribution in [0.25, 0.3) is 16.9 Å². The van der Waals surface area contributed by atoms with E-state index in [1.165, 1.54) is 7.11 Å². The van der Waals surface area contributed by atoms with Crippen LogP contribution in [-0.4, -0.2) is 54.1 Å². The van der Waals surface area contributed by atoms with Gasteiger partial charge in [0.15, 0.2) is 0 Å². The molecule has 0 atom stereocenters. The van der Waals surface area contributed by atoms with Crippen LogP contribution in [0.15, 0.2) is 42.6 Å². The maximum Gasteiger partial charge on any atom is 0.257 e. The Morgan fingerprint density at radius 2 is 1.97 bits per heavy atom. The number of carbonyl (C=O) groups excluding carboxylic acids is 1. The number of nitrogens with zero attached hydrogens (tertiary/aromatic N) is 3. The number of nitrogens with one attached hydrogen (secondary N) is 2. The van der Waals surface area contributed by atoms with Crippen molar-refractivity contribution in [2.45, 2.75) is 25.8 Å². The van der Waals surface area contributed by atoms with E-state index >= 15 is 0 Å². The molecule has 162 valence electrons. The number of carbonyl (C=O) groups is 1. The van der Waals surface area contributed by atoms with Gasteiger partial charge in [-0.15, -0.1) is 0 Å². The topological polar surface area (TPSA) is 90.3 Å². The van der Waals surface area contributed by atoms with Gasteiger partial charge in [0.1, 0.15) is 11.4 Å². The van der Waals surface area contributed by atoms with Crippen molar-refractivity contribution in [3.8, 4) is 22.8 Å². The summed E-state index contributed by atoms with van der Waals surface area (Å²) in [7, 11) is 3.38. The van der Waals surface area contributed by atoms with Gasteiger partial charge in [-0.1, -0.05) is 18.2 Å². The minimum Gasteiger partial charge on any atom is -0.480 e. The number of para-hydroxylation sites is 1. The largest absolute Gasteiger partial charge is 0.480 e. The number of amides is 1. The normalized spacial score (nSPS) is 14.3. The van der Waals surface area contributed by atoms with Crippen molar-refractivity contribution in [2.24, 2.45) is 0 Å². The summed E-state index contributed by atoms with van der Waals surface area (Å²) in [5.41, 5.74) is 3.81. The molecule has 0 spiro atoms. The average Bonchev–Trinajstić information content (AvgIpc) is 3.16. The fourth-order valence-corrected chi connectivity index (χ4v) is 3.83. The predicted octanol–water partition coefficient (Wildman–Crippen LogP) is 3.20. The number of ether oxygens (including phenoxy) is 2. The zero-order valence-electron chi connectivity index (χ0n) is 18.0. The molecule has 2 N–H and O–H groups in total. The maximum absolute atomic E-state index is 13.0. The Bertz CT molecular complexity index is 1060. The molecule has 8 nitrogen and oxygen atoms in total. The summed E-state index contributed by atoms with van der Waals surface area (Å²) >= 11 is 0. The lowest BCUT2D eigenvalue weighted by Gasteiger charge is -2.23. The minimum absolute atomic E-state index is 0.0875. The fourth-order valence-electron chi connectivity index (χ4n) is 3.83. The zero-order valence-corrected chi connectivity index (χ0v) is 18.0. The highest BCUT2D eigenvalue weighted by molar-refractivity contribution is 5.97. The average molecular weight is 422 g/mol. The third kappa shape index (κ3) is 4.25. The van der Waals surface area contributed by atoms with E-state index in [-0.39, 0.29) is 11.9 Å². The number of pyridine rings is 1. The second-order valence-electron chi connectivity index (χ2n) is 7.46. The molecule has 1 aliphatic heterocycles. The number of rotatable bonds is 6. The van der Waals surface area contributed by atoms with Crippen LogP contribution < -0.4 is 15.4 Å². The zero-order chi connectivity index (χ0) is 21.8. The number of methoxy groups -OCH3 is 1. The van der Waals surface area contributed by atoms with E-state index in [4.69, 9.17) is 14.6 Å². The van der Waals surface area contributed by atoms with Crippen molar-refractivity contribution in [3.05, 3.63) is 53.7 Å². The second-order valence-corrected chi connectivity index (χ2v) is 7.46. The molecule has 4 rings (SSSR count). The lowest BCUT2D eigenvalue weighted by atomic mass is 10.1. The molecule has 3 aromatic rings. The molecule has 3 heterocycles. The molecule has 0 bridgehead atoms. The van der Waals surface area contributed by atoms with Crippen molar-refractivity contribution >= 4 is 11.7 Å². The smallest absolute Gasteiger partial charge is 0.257 e. The highest BCUT2D eigenvalue weighted by Gasteiger charge is 2.23. The molecule has 0 aliphatic carbocycles. The quantitative estimate of drug-likeness (QED) is 0.635. The molecule has 1 aromatic carbocycles. The summed E-state index contributed by atoms with van der Waals surface area (Å²) in [6.07, 6.45) is 3.29. The van der Waals surface area contributed by atoms with E-state index in [0.717, 1.165) is 41.2 Å². The van der Waals surface area contributed by atoms with Crippen molar-refractivity contribution in [2.75, 3.05) is 32.7 Å². The SMILES string of the molecule is CNc1c(C)c(-c2cnc(OC)c(C(=O)NC3CCOCC3)c2)nn1-c1ccccc1. The van der Waals surface area contributed by atoms with Crippen LogP contribution in [0.5, 0.6) is 5.88 Å². The van der Waals surface area contributed by atoms with Crippen molar-refractivity contribution in [3.63, 3.8) is 0 Å². The van der Waals surface area contributed by atoms with Gasteiger partial charge in [0.25, 0.3) is 5.91 Å². The molecule has 0 unspecified atom stereocenters. The molecular weight excluding hydrogens is 394 g/mol. The molecule has 1 saturated heterocycles. The summed E-state index contributed by atoms with van der Waals surface area (Å²) < 4.78 is 12.6. The summed E-state index contributed by atoms with van der Waals surface area (Å²) in [6.45, 7) is 3.31. The Balaban J connectivity index is 1.71. The third-order valence-electron chi connectivity index (χ3n) is 5.48. The van der Waals surface area contributed by atoms with Gasteiger partial charge in [-0.3, -0.25) is 4.79 Å². The summed E-state index contributed by atoms with van der Waals surface area (Å²) in [4.78, 5) is 17.4. The van der Waals surface area contributed by atoms with Crippen LogP contribution in [0, 0.1) is 6.92 Å². The van der Waals surface area contributed by atoms with Crippen LogP contribution >= 0.6 is 0 Å². The van der Waals surface area contributed by atoms with E-state index in [0.29, 0.717) is 24.7 Å². The summed E-state index contributed by atoms with van der Waals surface area (Å²) in [5.74, 6) is 0.972. The van der Waals surface area contributed by atoms with E-state index in [2.05, 4.69) is 15.6 Å². The van der Waals surface area contributed by atoms with E-state index in [1.54, 1.807) is 12.3 Å². The Kier molecular flexibility index (Phi) is 6.18. The number of benzene rings is 1. The van der Waals surface area contributed by atoms with E-state index in [9.17, 15) is 4.79 Å². The summed E-state index contributed by atoms with van der Waals surface area (Å²) in [5, 5.41) is 11.1. The highest BCUT2D eigenvalue weighted by Crippen LogP contribution is 2.31. The van der Waals surface area contributed by atoms with Crippen molar-refractivity contribution in [1.29, 1.82) is 0 Å². The number of aromatic nitrogens is 3. The highest BCUT2D eigenvalue weighted by atomic mass is 16.5. The number of hydrogen-bond acceptors (Lipinski definition) is 6. The van der Waals surface area contributed by atoms with Crippen molar-refractivity contribution < 1.29 is 14.3 Å². The predicted molar refractivity (Wildman–Crippen MR) is 119 cm³/mol. The molecular formula is C23H27N5O3. The van der Waals surface area contributed by atoms with Crippen LogP contribution in [0.4, 0.5) is 5.82 Å². The molecule has 0 saturated carbocycles.